The lowest BCUT2D eigenvalue weighted by Gasteiger charge is -2.44. The molecule has 3 rings (SSSR count). The molecular formula is C22H28FN5O2. The van der Waals surface area contributed by atoms with Gasteiger partial charge in [-0.3, -0.25) is 14.7 Å². The van der Waals surface area contributed by atoms with E-state index in [4.69, 9.17) is 0 Å². The fraction of sp³-hybridized carbons (Fsp3) is 0.409. The van der Waals surface area contributed by atoms with Crippen molar-refractivity contribution >= 4 is 23.3 Å². The van der Waals surface area contributed by atoms with E-state index in [1.165, 1.54) is 6.07 Å². The third-order valence-electron chi connectivity index (χ3n) is 5.40. The summed E-state index contributed by atoms with van der Waals surface area (Å²) in [5.41, 5.74) is 1.99. The first-order chi connectivity index (χ1) is 14.2. The Morgan fingerprint density at radius 3 is 2.43 bits per heavy atom. The Balaban J connectivity index is 1.68. The van der Waals surface area contributed by atoms with Crippen LogP contribution in [0.2, 0.25) is 0 Å². The van der Waals surface area contributed by atoms with Gasteiger partial charge in [0.05, 0.1) is 17.6 Å². The zero-order chi connectivity index (χ0) is 21.8. The number of nitrogens with one attached hydrogen (secondary N) is 2. The summed E-state index contributed by atoms with van der Waals surface area (Å²) in [5.74, 6) is -0.399. The molecule has 8 heteroatoms. The summed E-state index contributed by atoms with van der Waals surface area (Å²) in [6, 6.07) is 8.17. The van der Waals surface area contributed by atoms with E-state index < -0.39 is 11.8 Å². The summed E-state index contributed by atoms with van der Waals surface area (Å²) in [4.78, 5) is 32.1. The zero-order valence-electron chi connectivity index (χ0n) is 17.8. The minimum absolute atomic E-state index is 0.0560. The Bertz CT molecular complexity index is 906. The summed E-state index contributed by atoms with van der Waals surface area (Å²) < 4.78 is 15.1. The van der Waals surface area contributed by atoms with Gasteiger partial charge < -0.3 is 15.5 Å². The maximum atomic E-state index is 15.1. The van der Waals surface area contributed by atoms with Crippen molar-refractivity contribution in [2.75, 3.05) is 23.7 Å². The molecule has 1 aliphatic rings. The molecule has 3 amide bonds. The van der Waals surface area contributed by atoms with Gasteiger partial charge in [-0.2, -0.15) is 0 Å². The largest absolute Gasteiger partial charge is 0.340 e. The minimum atomic E-state index is -0.534. The topological polar surface area (TPSA) is 77.6 Å². The predicted molar refractivity (Wildman–Crippen MR) is 115 cm³/mol. The van der Waals surface area contributed by atoms with E-state index in [1.807, 2.05) is 25.7 Å². The van der Waals surface area contributed by atoms with Crippen molar-refractivity contribution < 1.29 is 14.0 Å². The number of anilines is 2. The number of urea groups is 1. The first-order valence-corrected chi connectivity index (χ1v) is 10.0. The van der Waals surface area contributed by atoms with Crippen LogP contribution in [0.1, 0.15) is 32.0 Å². The lowest BCUT2D eigenvalue weighted by atomic mass is 10.1. The van der Waals surface area contributed by atoms with E-state index in [0.29, 0.717) is 30.9 Å². The van der Waals surface area contributed by atoms with Crippen LogP contribution in [0.25, 0.3) is 0 Å². The number of aryl methyl sites for hydroxylation is 1. The third-order valence-corrected chi connectivity index (χ3v) is 5.40. The summed E-state index contributed by atoms with van der Waals surface area (Å²) >= 11 is 0. The Labute approximate surface area is 176 Å². The highest BCUT2D eigenvalue weighted by molar-refractivity contribution is 5.99. The number of hydrogen-bond acceptors (Lipinski definition) is 4. The predicted octanol–water partition coefficient (Wildman–Crippen LogP) is 3.61. The molecule has 160 valence electrons. The highest BCUT2D eigenvalue weighted by Gasteiger charge is 2.31. The van der Waals surface area contributed by atoms with Crippen molar-refractivity contribution in [3.63, 3.8) is 0 Å². The van der Waals surface area contributed by atoms with Gasteiger partial charge in [0.2, 0.25) is 5.91 Å². The molecule has 0 radical (unpaired) electrons. The third kappa shape index (κ3) is 5.13. The van der Waals surface area contributed by atoms with E-state index in [-0.39, 0.29) is 23.7 Å². The van der Waals surface area contributed by atoms with Crippen LogP contribution in [-0.2, 0) is 11.3 Å². The van der Waals surface area contributed by atoms with Crippen LogP contribution in [0, 0.1) is 12.7 Å². The highest BCUT2D eigenvalue weighted by Crippen LogP contribution is 2.24. The molecule has 2 N–H and O–H groups in total. The van der Waals surface area contributed by atoms with Gasteiger partial charge in [0.15, 0.2) is 5.82 Å². The van der Waals surface area contributed by atoms with Gasteiger partial charge in [-0.15, -0.1) is 0 Å². The average Bonchev–Trinajstić information content (AvgIpc) is 2.69. The second-order valence-electron chi connectivity index (χ2n) is 7.84. The maximum Gasteiger partial charge on any atom is 0.323 e. The number of benzene rings is 1. The molecule has 1 saturated heterocycles. The molecule has 0 bridgehead atoms. The van der Waals surface area contributed by atoms with E-state index in [0.717, 1.165) is 5.69 Å². The summed E-state index contributed by atoms with van der Waals surface area (Å²) in [6.07, 6.45) is 1.55. The lowest BCUT2D eigenvalue weighted by molar-refractivity contribution is -0.133. The fourth-order valence-corrected chi connectivity index (χ4v) is 3.75. The van der Waals surface area contributed by atoms with Gasteiger partial charge in [-0.05, 0) is 39.0 Å². The number of aromatic nitrogens is 1. The van der Waals surface area contributed by atoms with Crippen LogP contribution >= 0.6 is 0 Å². The van der Waals surface area contributed by atoms with Crippen LogP contribution in [0.3, 0.4) is 0 Å². The fourth-order valence-electron chi connectivity index (χ4n) is 3.75. The molecule has 7 nitrogen and oxygen atoms in total. The molecule has 0 aliphatic carbocycles. The number of pyridine rings is 1. The van der Waals surface area contributed by atoms with E-state index in [9.17, 15) is 9.59 Å². The molecule has 2 atom stereocenters. The number of nitrogens with zero attached hydrogens (tertiary/aromatic N) is 3. The maximum absolute atomic E-state index is 15.1. The zero-order valence-corrected chi connectivity index (χ0v) is 17.8. The van der Waals surface area contributed by atoms with Gasteiger partial charge in [-0.25, -0.2) is 9.18 Å². The van der Waals surface area contributed by atoms with Crippen molar-refractivity contribution in [3.8, 4) is 0 Å². The Kier molecular flexibility index (Phi) is 6.66. The Hall–Kier alpha value is -3.00. The average molecular weight is 413 g/mol. The van der Waals surface area contributed by atoms with Gasteiger partial charge in [0, 0.05) is 49.9 Å². The Morgan fingerprint density at radius 1 is 1.13 bits per heavy atom. The highest BCUT2D eigenvalue weighted by atomic mass is 19.1. The first kappa shape index (κ1) is 21.7. The monoisotopic (exact) mass is 413 g/mol. The molecule has 2 aromatic rings. The van der Waals surface area contributed by atoms with Crippen LogP contribution in [-0.4, -0.2) is 51.9 Å². The van der Waals surface area contributed by atoms with Crippen molar-refractivity contribution in [1.29, 1.82) is 0 Å². The summed E-state index contributed by atoms with van der Waals surface area (Å²) in [5, 5.41) is 5.22. The molecule has 1 aromatic heterocycles. The number of piperazine rings is 1. The van der Waals surface area contributed by atoms with E-state index in [1.54, 1.807) is 37.4 Å². The second kappa shape index (κ2) is 9.21. The SMILES string of the molecule is CC(=O)N1C[C@@H](C)N(Cc2cccc(NC(=O)Nc3ccc(C)nc3)c2F)[C@@H](C)C1. The minimum Gasteiger partial charge on any atom is -0.340 e. The molecule has 2 heterocycles. The molecule has 0 unspecified atom stereocenters. The number of hydrogen-bond donors (Lipinski definition) is 2. The van der Waals surface area contributed by atoms with Crippen LogP contribution in [0.4, 0.5) is 20.6 Å². The number of rotatable bonds is 4. The summed E-state index contributed by atoms with van der Waals surface area (Å²) in [6.45, 7) is 9.13. The standard InChI is InChI=1S/C22H28FN5O2/c1-14-8-9-19(10-24-14)25-22(30)26-20-7-5-6-18(21(20)23)13-28-15(2)11-27(17(4)29)12-16(28)3/h5-10,15-16H,11-13H2,1-4H3,(H2,25,26,30)/t15-,16+. The van der Waals surface area contributed by atoms with Gasteiger partial charge >= 0.3 is 6.03 Å². The number of carbonyl (C=O) groups is 2. The molecular weight excluding hydrogens is 385 g/mol. The van der Waals surface area contributed by atoms with Gasteiger partial charge in [-0.1, -0.05) is 12.1 Å². The van der Waals surface area contributed by atoms with Crippen molar-refractivity contribution in [1.82, 2.24) is 14.8 Å². The van der Waals surface area contributed by atoms with Gasteiger partial charge in [0.25, 0.3) is 0 Å². The van der Waals surface area contributed by atoms with Crippen LogP contribution in [0.5, 0.6) is 0 Å². The second-order valence-corrected chi connectivity index (χ2v) is 7.84. The van der Waals surface area contributed by atoms with E-state index in [2.05, 4.69) is 20.5 Å². The molecule has 0 spiro atoms. The molecule has 1 fully saturated rings. The summed E-state index contributed by atoms with van der Waals surface area (Å²) in [7, 11) is 0. The van der Waals surface area contributed by atoms with Gasteiger partial charge in [0.1, 0.15) is 0 Å². The van der Waals surface area contributed by atoms with E-state index >= 15 is 4.39 Å². The van der Waals surface area contributed by atoms with Crippen molar-refractivity contribution in [2.24, 2.45) is 0 Å². The number of halogens is 1. The molecule has 0 saturated carbocycles. The molecule has 30 heavy (non-hydrogen) atoms. The number of carbonyl (C=O) groups excluding carboxylic acids is 2. The van der Waals surface area contributed by atoms with Crippen molar-refractivity contribution in [3.05, 3.63) is 53.6 Å². The molecule has 1 aromatic carbocycles. The van der Waals surface area contributed by atoms with Crippen molar-refractivity contribution in [2.45, 2.75) is 46.3 Å². The first-order valence-electron chi connectivity index (χ1n) is 10.0. The molecule has 1 aliphatic heterocycles. The lowest BCUT2D eigenvalue weighted by Crippen LogP contribution is -2.57. The Morgan fingerprint density at radius 2 is 1.83 bits per heavy atom. The number of amides is 3. The quantitative estimate of drug-likeness (QED) is 0.803. The van der Waals surface area contributed by atoms with Crippen LogP contribution in [0.15, 0.2) is 36.5 Å². The smallest absolute Gasteiger partial charge is 0.323 e. The normalized spacial score (nSPS) is 19.4. The van der Waals surface area contributed by atoms with Crippen LogP contribution < -0.4 is 10.6 Å².